The van der Waals surface area contributed by atoms with E-state index in [2.05, 4.69) is 5.32 Å². The predicted molar refractivity (Wildman–Crippen MR) is 72.2 cm³/mol. The van der Waals surface area contributed by atoms with Gasteiger partial charge in [0.05, 0.1) is 10.5 Å². The van der Waals surface area contributed by atoms with E-state index in [4.69, 9.17) is 0 Å². The number of nitrogens with one attached hydrogen (secondary N) is 1. The van der Waals surface area contributed by atoms with Crippen molar-refractivity contribution < 1.29 is 10.0 Å². The van der Waals surface area contributed by atoms with Gasteiger partial charge < -0.3 is 15.3 Å². The van der Waals surface area contributed by atoms with E-state index < -0.39 is 10.5 Å². The van der Waals surface area contributed by atoms with Gasteiger partial charge in [0.1, 0.15) is 11.4 Å². The second-order valence-electron chi connectivity index (χ2n) is 4.85. The molecule has 0 spiro atoms. The highest BCUT2D eigenvalue weighted by atomic mass is 16.6. The number of aliphatic hydroxyl groups is 1. The molecular formula is C12H19N3O3. The first-order valence-corrected chi connectivity index (χ1v) is 5.65. The summed E-state index contributed by atoms with van der Waals surface area (Å²) in [7, 11) is 3.36. The summed E-state index contributed by atoms with van der Waals surface area (Å²) in [5, 5.41) is 23.7. The van der Waals surface area contributed by atoms with Crippen LogP contribution >= 0.6 is 0 Å². The van der Waals surface area contributed by atoms with Gasteiger partial charge in [0.25, 0.3) is 0 Å². The Balaban J connectivity index is 3.19. The van der Waals surface area contributed by atoms with Crippen LogP contribution in [-0.2, 0) is 0 Å². The van der Waals surface area contributed by atoms with Gasteiger partial charge in [-0.2, -0.15) is 0 Å². The van der Waals surface area contributed by atoms with E-state index in [1.54, 1.807) is 51.0 Å². The van der Waals surface area contributed by atoms with Gasteiger partial charge in [0.2, 0.25) is 0 Å². The monoisotopic (exact) mass is 253 g/mol. The molecule has 6 heteroatoms. The van der Waals surface area contributed by atoms with Gasteiger partial charge in [-0.25, -0.2) is 0 Å². The Morgan fingerprint density at radius 1 is 1.50 bits per heavy atom. The molecular weight excluding hydrogens is 234 g/mol. The maximum absolute atomic E-state index is 11.1. The Hall–Kier alpha value is -1.82. The molecule has 18 heavy (non-hydrogen) atoms. The molecule has 0 unspecified atom stereocenters. The third kappa shape index (κ3) is 3.33. The molecule has 0 atom stereocenters. The maximum atomic E-state index is 11.1. The van der Waals surface area contributed by atoms with Gasteiger partial charge >= 0.3 is 5.69 Å². The molecule has 0 fully saturated rings. The number of likely N-dealkylation sites (N-methyl/N-ethyl adjacent to an activating group) is 1. The Morgan fingerprint density at radius 2 is 2.11 bits per heavy atom. The molecule has 1 aromatic carbocycles. The zero-order valence-corrected chi connectivity index (χ0v) is 11.1. The highest BCUT2D eigenvalue weighted by Crippen LogP contribution is 2.35. The van der Waals surface area contributed by atoms with Gasteiger partial charge in [-0.15, -0.1) is 0 Å². The number of rotatable bonds is 5. The minimum atomic E-state index is -0.918. The average Bonchev–Trinajstić information content (AvgIpc) is 2.25. The summed E-state index contributed by atoms with van der Waals surface area (Å²) in [6.07, 6.45) is 0. The number of benzene rings is 1. The molecule has 2 N–H and O–H groups in total. The molecule has 0 heterocycles. The standard InChI is InChI=1S/C12H19N3O3/c1-12(2,16)8-14(4)10-7-5-6-9(13-3)11(10)15(17)18/h5-7,13,16H,8H2,1-4H3. The number of hydrogen-bond donors (Lipinski definition) is 2. The van der Waals surface area contributed by atoms with E-state index in [1.807, 2.05) is 0 Å². The van der Waals surface area contributed by atoms with Gasteiger partial charge in [0.15, 0.2) is 0 Å². The lowest BCUT2D eigenvalue weighted by atomic mass is 10.1. The largest absolute Gasteiger partial charge is 0.389 e. The summed E-state index contributed by atoms with van der Waals surface area (Å²) in [5.41, 5.74) is 0.0407. The molecule has 6 nitrogen and oxygen atoms in total. The lowest BCUT2D eigenvalue weighted by Crippen LogP contribution is -2.36. The minimum Gasteiger partial charge on any atom is -0.389 e. The van der Waals surface area contributed by atoms with Gasteiger partial charge in [-0.3, -0.25) is 10.1 Å². The lowest BCUT2D eigenvalue weighted by molar-refractivity contribution is -0.383. The number of anilines is 2. The van der Waals surface area contributed by atoms with Crippen molar-refractivity contribution in [2.75, 3.05) is 30.9 Å². The van der Waals surface area contributed by atoms with Gasteiger partial charge in [0, 0.05) is 20.6 Å². The van der Waals surface area contributed by atoms with Gasteiger partial charge in [-0.05, 0) is 26.0 Å². The van der Waals surface area contributed by atoms with Crippen LogP contribution in [0.3, 0.4) is 0 Å². The Kier molecular flexibility index (Phi) is 4.13. The summed E-state index contributed by atoms with van der Waals surface area (Å²) in [6, 6.07) is 5.07. The number of nitro groups is 1. The van der Waals surface area contributed by atoms with Crippen LogP contribution in [0.2, 0.25) is 0 Å². The number of nitro benzene ring substituents is 1. The van der Waals surface area contributed by atoms with Crippen LogP contribution in [0, 0.1) is 10.1 Å². The molecule has 0 amide bonds. The average molecular weight is 253 g/mol. The Labute approximate surface area is 106 Å². The summed E-state index contributed by atoms with van der Waals surface area (Å²) in [5.74, 6) is 0. The predicted octanol–water partition coefficient (Wildman–Crippen LogP) is 1.84. The van der Waals surface area contributed by atoms with Crippen LogP contribution in [0.25, 0.3) is 0 Å². The van der Waals surface area contributed by atoms with Crippen molar-refractivity contribution in [1.82, 2.24) is 0 Å². The molecule has 0 saturated carbocycles. The number of hydrogen-bond acceptors (Lipinski definition) is 5. The fourth-order valence-corrected chi connectivity index (χ4v) is 1.90. The molecule has 0 bridgehead atoms. The maximum Gasteiger partial charge on any atom is 0.315 e. The Morgan fingerprint density at radius 3 is 2.56 bits per heavy atom. The number of para-hydroxylation sites is 1. The van der Waals surface area contributed by atoms with Crippen molar-refractivity contribution in [2.24, 2.45) is 0 Å². The molecule has 0 saturated heterocycles. The first-order chi connectivity index (χ1) is 8.26. The normalized spacial score (nSPS) is 11.2. The van der Waals surface area contributed by atoms with Crippen LogP contribution in [-0.4, -0.2) is 36.3 Å². The minimum absolute atomic E-state index is 0.0201. The second kappa shape index (κ2) is 5.22. The first kappa shape index (κ1) is 14.2. The molecule has 0 radical (unpaired) electrons. The van der Waals surface area contributed by atoms with Crippen molar-refractivity contribution in [1.29, 1.82) is 0 Å². The zero-order valence-electron chi connectivity index (χ0n) is 11.1. The molecule has 1 rings (SSSR count). The summed E-state index contributed by atoms with van der Waals surface area (Å²) in [6.45, 7) is 3.63. The van der Waals surface area contributed by atoms with Crippen LogP contribution < -0.4 is 10.2 Å². The highest BCUT2D eigenvalue weighted by Gasteiger charge is 2.24. The Bertz CT molecular complexity index is 441. The van der Waals surface area contributed by atoms with Crippen LogP contribution in [0.1, 0.15) is 13.8 Å². The fraction of sp³-hybridized carbons (Fsp3) is 0.500. The lowest BCUT2D eigenvalue weighted by Gasteiger charge is -2.27. The van der Waals surface area contributed by atoms with Crippen molar-refractivity contribution in [2.45, 2.75) is 19.4 Å². The summed E-state index contributed by atoms with van der Waals surface area (Å²) in [4.78, 5) is 12.4. The van der Waals surface area contributed by atoms with Crippen molar-refractivity contribution in [3.05, 3.63) is 28.3 Å². The van der Waals surface area contributed by atoms with Crippen molar-refractivity contribution in [3.63, 3.8) is 0 Å². The molecule has 1 aromatic rings. The number of nitrogens with zero attached hydrogens (tertiary/aromatic N) is 2. The topological polar surface area (TPSA) is 78.6 Å². The van der Waals surface area contributed by atoms with Crippen molar-refractivity contribution in [3.8, 4) is 0 Å². The SMILES string of the molecule is CNc1cccc(N(C)CC(C)(C)O)c1[N+](=O)[O-]. The molecule has 0 aliphatic carbocycles. The quantitative estimate of drug-likeness (QED) is 0.618. The van der Waals surface area contributed by atoms with Gasteiger partial charge in [-0.1, -0.05) is 6.07 Å². The van der Waals surface area contributed by atoms with Crippen LogP contribution in [0.5, 0.6) is 0 Å². The van der Waals surface area contributed by atoms with E-state index in [0.29, 0.717) is 17.9 Å². The fourth-order valence-electron chi connectivity index (χ4n) is 1.90. The van der Waals surface area contributed by atoms with E-state index in [1.165, 1.54) is 0 Å². The van der Waals surface area contributed by atoms with E-state index in [9.17, 15) is 15.2 Å². The third-order valence-corrected chi connectivity index (χ3v) is 2.50. The van der Waals surface area contributed by atoms with Crippen LogP contribution in [0.4, 0.5) is 17.1 Å². The summed E-state index contributed by atoms with van der Waals surface area (Å²) < 4.78 is 0. The highest BCUT2D eigenvalue weighted by molar-refractivity contribution is 5.76. The summed E-state index contributed by atoms with van der Waals surface area (Å²) >= 11 is 0. The third-order valence-electron chi connectivity index (χ3n) is 2.50. The van der Waals surface area contributed by atoms with Crippen LogP contribution in [0.15, 0.2) is 18.2 Å². The van der Waals surface area contributed by atoms with Crippen molar-refractivity contribution >= 4 is 17.1 Å². The van der Waals surface area contributed by atoms with E-state index in [0.717, 1.165) is 0 Å². The molecule has 100 valence electrons. The first-order valence-electron chi connectivity index (χ1n) is 5.65. The molecule has 0 aliphatic rings. The second-order valence-corrected chi connectivity index (χ2v) is 4.85. The zero-order chi connectivity index (χ0) is 13.9. The molecule has 0 aliphatic heterocycles. The van der Waals surface area contributed by atoms with E-state index >= 15 is 0 Å². The smallest absolute Gasteiger partial charge is 0.315 e. The van der Waals surface area contributed by atoms with E-state index in [-0.39, 0.29) is 5.69 Å². The molecule has 0 aromatic heterocycles.